The van der Waals surface area contributed by atoms with Crippen LogP contribution in [0, 0.1) is 17.8 Å². The van der Waals surface area contributed by atoms with Crippen molar-refractivity contribution >= 4 is 20.0 Å². The third-order valence-electron chi connectivity index (χ3n) is 7.28. The lowest BCUT2D eigenvalue weighted by Crippen LogP contribution is -2.54. The van der Waals surface area contributed by atoms with Gasteiger partial charge in [-0.25, -0.2) is 13.4 Å². The van der Waals surface area contributed by atoms with Crippen LogP contribution in [-0.4, -0.2) is 75.6 Å². The van der Waals surface area contributed by atoms with Gasteiger partial charge in [-0.1, -0.05) is 32.1 Å². The minimum Gasteiger partial charge on any atom is -0.379 e. The maximum absolute atomic E-state index is 13.5. The van der Waals surface area contributed by atoms with Crippen molar-refractivity contribution in [3.8, 4) is 0 Å². The lowest BCUT2D eigenvalue weighted by Gasteiger charge is -2.43. The Balaban J connectivity index is 1.56. The highest BCUT2D eigenvalue weighted by atomic mass is 32.2. The molecule has 0 spiro atoms. The summed E-state index contributed by atoms with van der Waals surface area (Å²) < 4.78 is 61.7. The molecule has 11 heteroatoms. The lowest BCUT2D eigenvalue weighted by molar-refractivity contribution is 0.0660. The van der Waals surface area contributed by atoms with Gasteiger partial charge in [0, 0.05) is 38.9 Å². The summed E-state index contributed by atoms with van der Waals surface area (Å²) in [6.07, 6.45) is 7.93. The Morgan fingerprint density at radius 3 is 2.42 bits per heavy atom. The standard InChI is InChI=1S/C22H36N4O5S2/c23-14-18-6-7-24-22(13-18)32(27,28)17-19-12-21(20-4-2-1-3-5-20)16-26(15-19)33(29,30)25-8-10-31-11-9-25/h6-7,13,19-21H,1-5,8-12,14-17,23H2/t19-,21+/m1/s1. The Kier molecular flexibility index (Phi) is 8.07. The summed E-state index contributed by atoms with van der Waals surface area (Å²) in [6, 6.07) is 3.23. The van der Waals surface area contributed by atoms with Gasteiger partial charge in [-0.15, -0.1) is 0 Å². The number of aromatic nitrogens is 1. The van der Waals surface area contributed by atoms with E-state index in [1.54, 1.807) is 10.4 Å². The number of ether oxygens (including phenoxy) is 1. The Morgan fingerprint density at radius 1 is 1.00 bits per heavy atom. The molecule has 2 atom stereocenters. The maximum Gasteiger partial charge on any atom is 0.282 e. The van der Waals surface area contributed by atoms with Gasteiger partial charge < -0.3 is 10.5 Å². The maximum atomic E-state index is 13.5. The summed E-state index contributed by atoms with van der Waals surface area (Å²) in [7, 11) is -7.32. The molecule has 33 heavy (non-hydrogen) atoms. The van der Waals surface area contributed by atoms with Crippen LogP contribution in [0.15, 0.2) is 23.4 Å². The van der Waals surface area contributed by atoms with E-state index in [4.69, 9.17) is 10.5 Å². The van der Waals surface area contributed by atoms with Gasteiger partial charge in [-0.05, 0) is 41.9 Å². The van der Waals surface area contributed by atoms with E-state index in [2.05, 4.69) is 4.98 Å². The normalized spacial score (nSPS) is 26.9. The second-order valence-corrected chi connectivity index (χ2v) is 13.5. The van der Waals surface area contributed by atoms with E-state index in [1.807, 2.05) is 0 Å². The summed E-state index contributed by atoms with van der Waals surface area (Å²) in [5, 5.41) is 0.0211. The predicted octanol–water partition coefficient (Wildman–Crippen LogP) is 1.41. The van der Waals surface area contributed by atoms with E-state index in [9.17, 15) is 16.8 Å². The molecule has 3 fully saturated rings. The molecule has 0 radical (unpaired) electrons. The SMILES string of the molecule is NCc1ccnc(S(=O)(=O)C[C@@H]2C[C@H](C3CCCCC3)CN(S(=O)(=O)N3CCOCC3)C2)c1. The molecule has 186 valence electrons. The van der Waals surface area contributed by atoms with Gasteiger partial charge >= 0.3 is 0 Å². The van der Waals surface area contributed by atoms with Gasteiger partial charge in [0.25, 0.3) is 10.2 Å². The van der Waals surface area contributed by atoms with Crippen LogP contribution in [0.3, 0.4) is 0 Å². The molecule has 1 aromatic heterocycles. The molecule has 3 heterocycles. The van der Waals surface area contributed by atoms with Gasteiger partial charge in [-0.2, -0.15) is 17.0 Å². The summed E-state index contributed by atoms with van der Waals surface area (Å²) in [6.45, 7) is 2.39. The molecule has 2 aliphatic heterocycles. The number of piperidine rings is 1. The molecule has 1 aromatic rings. The lowest BCUT2D eigenvalue weighted by atomic mass is 9.75. The van der Waals surface area contributed by atoms with Crippen LogP contribution in [-0.2, 0) is 31.3 Å². The molecule has 0 aromatic carbocycles. The minimum absolute atomic E-state index is 0.0211. The number of pyridine rings is 1. The van der Waals surface area contributed by atoms with Crippen molar-refractivity contribution < 1.29 is 21.6 Å². The second-order valence-electron chi connectivity index (χ2n) is 9.58. The highest BCUT2D eigenvalue weighted by molar-refractivity contribution is 7.91. The van der Waals surface area contributed by atoms with E-state index in [-0.39, 0.29) is 35.7 Å². The summed E-state index contributed by atoms with van der Waals surface area (Å²) in [4.78, 5) is 4.08. The van der Waals surface area contributed by atoms with Crippen molar-refractivity contribution in [1.29, 1.82) is 0 Å². The molecule has 1 saturated carbocycles. The van der Waals surface area contributed by atoms with Crippen LogP contribution >= 0.6 is 0 Å². The average Bonchev–Trinajstić information content (AvgIpc) is 2.84. The molecule has 0 bridgehead atoms. The van der Waals surface area contributed by atoms with Crippen molar-refractivity contribution in [1.82, 2.24) is 13.6 Å². The first-order valence-electron chi connectivity index (χ1n) is 12.0. The Bertz CT molecular complexity index is 1010. The number of nitrogens with two attached hydrogens (primary N) is 1. The molecule has 4 rings (SSSR count). The minimum atomic E-state index is -3.66. The molecule has 2 N–H and O–H groups in total. The van der Waals surface area contributed by atoms with E-state index < -0.39 is 20.0 Å². The van der Waals surface area contributed by atoms with Gasteiger partial charge in [-0.3, -0.25) is 0 Å². The summed E-state index contributed by atoms with van der Waals surface area (Å²) in [5.74, 6) is 0.255. The predicted molar refractivity (Wildman–Crippen MR) is 125 cm³/mol. The number of hydrogen-bond acceptors (Lipinski definition) is 7. The monoisotopic (exact) mass is 500 g/mol. The highest BCUT2D eigenvalue weighted by Crippen LogP contribution is 2.38. The number of rotatable bonds is 7. The van der Waals surface area contributed by atoms with Crippen LogP contribution in [0.1, 0.15) is 44.1 Å². The van der Waals surface area contributed by atoms with Crippen LogP contribution < -0.4 is 5.73 Å². The molecule has 0 unspecified atom stereocenters. The van der Waals surface area contributed by atoms with E-state index >= 15 is 0 Å². The number of morpholine rings is 1. The fourth-order valence-electron chi connectivity index (χ4n) is 5.54. The number of nitrogens with zero attached hydrogens (tertiary/aromatic N) is 3. The first-order chi connectivity index (χ1) is 15.8. The zero-order chi connectivity index (χ0) is 23.5. The average molecular weight is 501 g/mol. The Morgan fingerprint density at radius 2 is 1.73 bits per heavy atom. The zero-order valence-electron chi connectivity index (χ0n) is 19.1. The highest BCUT2D eigenvalue weighted by Gasteiger charge is 2.41. The first kappa shape index (κ1) is 25.0. The Labute approximate surface area is 197 Å². The quantitative estimate of drug-likeness (QED) is 0.600. The molecule has 9 nitrogen and oxygen atoms in total. The molecule has 3 aliphatic rings. The fourth-order valence-corrected chi connectivity index (χ4v) is 8.84. The molecular formula is C22H36N4O5S2. The molecule has 1 aliphatic carbocycles. The summed E-state index contributed by atoms with van der Waals surface area (Å²) >= 11 is 0. The first-order valence-corrected chi connectivity index (χ1v) is 15.1. The smallest absolute Gasteiger partial charge is 0.282 e. The van der Waals surface area contributed by atoms with Crippen molar-refractivity contribution in [3.05, 3.63) is 23.9 Å². The molecule has 2 saturated heterocycles. The molecule has 0 amide bonds. The van der Waals surface area contributed by atoms with Crippen LogP contribution in [0.4, 0.5) is 0 Å². The van der Waals surface area contributed by atoms with Crippen molar-refractivity contribution in [2.75, 3.05) is 45.1 Å². The van der Waals surface area contributed by atoms with E-state index in [0.29, 0.717) is 44.3 Å². The van der Waals surface area contributed by atoms with Gasteiger partial charge in [0.2, 0.25) is 0 Å². The molecular weight excluding hydrogens is 464 g/mol. The van der Waals surface area contributed by atoms with E-state index in [0.717, 1.165) is 32.1 Å². The van der Waals surface area contributed by atoms with Crippen LogP contribution in [0.5, 0.6) is 0 Å². The van der Waals surface area contributed by atoms with Crippen LogP contribution in [0.2, 0.25) is 0 Å². The number of sulfone groups is 1. The number of hydrogen-bond donors (Lipinski definition) is 1. The fraction of sp³-hybridized carbons (Fsp3) is 0.773. The van der Waals surface area contributed by atoms with Crippen LogP contribution in [0.25, 0.3) is 0 Å². The van der Waals surface area contributed by atoms with Gasteiger partial charge in [0.1, 0.15) is 0 Å². The van der Waals surface area contributed by atoms with Crippen molar-refractivity contribution in [3.63, 3.8) is 0 Å². The topological polar surface area (TPSA) is 123 Å². The second kappa shape index (κ2) is 10.7. The zero-order valence-corrected chi connectivity index (χ0v) is 20.8. The largest absolute Gasteiger partial charge is 0.379 e. The Hall–Kier alpha value is -1.11. The summed E-state index contributed by atoms with van der Waals surface area (Å²) in [5.41, 5.74) is 6.39. The third-order valence-corrected chi connectivity index (χ3v) is 11.0. The van der Waals surface area contributed by atoms with E-state index in [1.165, 1.54) is 23.0 Å². The van der Waals surface area contributed by atoms with Gasteiger partial charge in [0.05, 0.1) is 19.0 Å². The van der Waals surface area contributed by atoms with Crippen molar-refractivity contribution in [2.45, 2.75) is 50.1 Å². The van der Waals surface area contributed by atoms with Gasteiger partial charge in [0.15, 0.2) is 14.9 Å². The van der Waals surface area contributed by atoms with Crippen molar-refractivity contribution in [2.24, 2.45) is 23.5 Å². The third kappa shape index (κ3) is 5.94.